The van der Waals surface area contributed by atoms with Gasteiger partial charge in [-0.15, -0.1) is 0 Å². The van der Waals surface area contributed by atoms with Crippen molar-refractivity contribution >= 4 is 35.1 Å². The summed E-state index contributed by atoms with van der Waals surface area (Å²) in [5.41, 5.74) is 3.88. The predicted octanol–water partition coefficient (Wildman–Crippen LogP) is 8.58. The van der Waals surface area contributed by atoms with Crippen LogP contribution in [-0.4, -0.2) is 84.4 Å². The Labute approximate surface area is 337 Å². The molecular formula is C45H56Cl2N2O6. The van der Waals surface area contributed by atoms with Crippen LogP contribution in [-0.2, 0) is 29.9 Å². The number of ether oxygens (including phenoxy) is 2. The summed E-state index contributed by atoms with van der Waals surface area (Å²) < 4.78 is 11.1. The van der Waals surface area contributed by atoms with Crippen molar-refractivity contribution in [3.63, 3.8) is 0 Å². The van der Waals surface area contributed by atoms with Gasteiger partial charge in [-0.05, 0) is 98.4 Å². The largest absolute Gasteiger partial charge is 0.465 e. The third kappa shape index (κ3) is 12.4. The lowest BCUT2D eigenvalue weighted by Crippen LogP contribution is -2.46. The molecule has 0 spiro atoms. The Morgan fingerprint density at radius 3 is 1.55 bits per heavy atom. The van der Waals surface area contributed by atoms with E-state index in [0.717, 1.165) is 63.0 Å². The molecule has 0 bridgehead atoms. The Hall–Kier alpha value is -3.76. The Morgan fingerprint density at radius 1 is 0.655 bits per heavy atom. The first-order valence-electron chi connectivity index (χ1n) is 18.7. The van der Waals surface area contributed by atoms with Crippen molar-refractivity contribution in [1.82, 2.24) is 9.80 Å². The van der Waals surface area contributed by atoms with E-state index in [-0.39, 0.29) is 42.9 Å². The number of benzene rings is 4. The number of aliphatic hydroxyl groups is 2. The van der Waals surface area contributed by atoms with Crippen molar-refractivity contribution in [2.45, 2.75) is 70.0 Å². The van der Waals surface area contributed by atoms with Gasteiger partial charge in [0.2, 0.25) is 0 Å². The van der Waals surface area contributed by atoms with E-state index in [4.69, 9.17) is 32.7 Å². The standard InChI is InChI=1S/C24H28ClNO4.C20H24ClNO2.CH4/c1-18(27)29-17-24(21-6-4-3-5-7-21)12-14-26(15-13-24)16-23(30-19(2)28)20-8-10-22(25)11-9-20;21-18-8-6-16(7-9-18)19(24)14-22-12-10-20(15-23,11-13-22)17-4-2-1-3-5-17;/h3-11,23H,12-17H2,1-2H3;1-9,19,23-24H,10-15H2;1H4. The molecular weight excluding hydrogens is 735 g/mol. The van der Waals surface area contributed by atoms with Gasteiger partial charge >= 0.3 is 11.9 Å². The van der Waals surface area contributed by atoms with Crippen molar-refractivity contribution in [2.24, 2.45) is 0 Å². The number of rotatable bonds is 12. The topological polar surface area (TPSA) is 99.5 Å². The molecule has 2 saturated heterocycles. The summed E-state index contributed by atoms with van der Waals surface area (Å²) in [4.78, 5) is 27.7. The van der Waals surface area contributed by atoms with E-state index in [1.165, 1.54) is 25.0 Å². The second-order valence-corrected chi connectivity index (χ2v) is 15.4. The highest BCUT2D eigenvalue weighted by molar-refractivity contribution is 6.30. The average Bonchev–Trinajstić information content (AvgIpc) is 3.19. The fourth-order valence-corrected chi connectivity index (χ4v) is 7.81. The van der Waals surface area contributed by atoms with E-state index >= 15 is 0 Å². The summed E-state index contributed by atoms with van der Waals surface area (Å²) in [6.07, 6.45) is 2.66. The SMILES string of the molecule is C.CC(=O)OCC1(c2ccccc2)CCN(CC(OC(C)=O)c2ccc(Cl)cc2)CC1.OCC1(c2ccccc2)CCN(CC(O)c2ccc(Cl)cc2)CC1. The van der Waals surface area contributed by atoms with Crippen LogP contribution in [0.25, 0.3) is 0 Å². The van der Waals surface area contributed by atoms with E-state index in [0.29, 0.717) is 29.7 Å². The van der Waals surface area contributed by atoms with Crippen LogP contribution in [0.1, 0.15) is 81.4 Å². The molecule has 2 fully saturated rings. The molecule has 0 saturated carbocycles. The summed E-state index contributed by atoms with van der Waals surface area (Å²) in [5, 5.41) is 21.8. The van der Waals surface area contributed by atoms with Gasteiger partial charge in [-0.3, -0.25) is 14.5 Å². The van der Waals surface area contributed by atoms with Crippen LogP contribution in [0.3, 0.4) is 0 Å². The smallest absolute Gasteiger partial charge is 0.303 e. The minimum absolute atomic E-state index is 0. The number of halogens is 2. The van der Waals surface area contributed by atoms with Gasteiger partial charge in [-0.2, -0.15) is 0 Å². The first-order valence-corrected chi connectivity index (χ1v) is 19.4. The molecule has 4 aromatic carbocycles. The first kappa shape index (κ1) is 44.0. The number of hydrogen-bond donors (Lipinski definition) is 2. The number of nitrogens with zero attached hydrogens (tertiary/aromatic N) is 2. The van der Waals surface area contributed by atoms with Crippen molar-refractivity contribution < 1.29 is 29.3 Å². The predicted molar refractivity (Wildman–Crippen MR) is 220 cm³/mol. The Kier molecular flexibility index (Phi) is 16.8. The van der Waals surface area contributed by atoms with Gasteiger partial charge in [-0.25, -0.2) is 0 Å². The number of carbonyl (C=O) groups is 2. The van der Waals surface area contributed by atoms with Crippen LogP contribution < -0.4 is 0 Å². The molecule has 2 aliphatic rings. The van der Waals surface area contributed by atoms with Gasteiger partial charge in [0.25, 0.3) is 0 Å². The highest BCUT2D eigenvalue weighted by Crippen LogP contribution is 2.38. The first-order chi connectivity index (χ1) is 26.0. The summed E-state index contributed by atoms with van der Waals surface area (Å²) in [6.45, 7) is 8.04. The molecule has 10 heteroatoms. The number of aliphatic hydroxyl groups excluding tert-OH is 2. The molecule has 55 heavy (non-hydrogen) atoms. The molecule has 4 aromatic rings. The van der Waals surface area contributed by atoms with Crippen molar-refractivity contribution in [1.29, 1.82) is 0 Å². The molecule has 2 heterocycles. The second kappa shape index (κ2) is 21.0. The lowest BCUT2D eigenvalue weighted by molar-refractivity contribution is -0.148. The van der Waals surface area contributed by atoms with Gasteiger partial charge in [0, 0.05) is 47.8 Å². The molecule has 2 aliphatic heterocycles. The number of β-amino-alcohol motifs (C(OH)–C–C–N with tert-alkyl or cyclic N) is 1. The molecule has 8 nitrogen and oxygen atoms in total. The molecule has 0 amide bonds. The normalized spacial score (nSPS) is 17.7. The molecule has 0 aromatic heterocycles. The summed E-state index contributed by atoms with van der Waals surface area (Å²) in [6, 6.07) is 35.3. The quantitative estimate of drug-likeness (QED) is 0.138. The fourth-order valence-electron chi connectivity index (χ4n) is 7.56. The molecule has 2 atom stereocenters. The number of hydrogen-bond acceptors (Lipinski definition) is 8. The Bertz CT molecular complexity index is 1740. The fraction of sp³-hybridized carbons (Fsp3) is 0.422. The van der Waals surface area contributed by atoms with Crippen molar-refractivity contribution in [3.05, 3.63) is 141 Å². The Morgan fingerprint density at radius 2 is 1.09 bits per heavy atom. The highest BCUT2D eigenvalue weighted by Gasteiger charge is 2.38. The van der Waals surface area contributed by atoms with Crippen LogP contribution >= 0.6 is 23.2 Å². The molecule has 296 valence electrons. The van der Waals surface area contributed by atoms with E-state index < -0.39 is 6.10 Å². The minimum Gasteiger partial charge on any atom is -0.465 e. The Balaban J connectivity index is 0.000000246. The van der Waals surface area contributed by atoms with Gasteiger partial charge in [0.05, 0.1) is 12.7 Å². The van der Waals surface area contributed by atoms with Gasteiger partial charge in [0.1, 0.15) is 12.7 Å². The molecule has 2 unspecified atom stereocenters. The summed E-state index contributed by atoms with van der Waals surface area (Å²) in [7, 11) is 0. The zero-order valence-corrected chi connectivity index (χ0v) is 32.7. The van der Waals surface area contributed by atoms with E-state index in [1.807, 2.05) is 84.9 Å². The zero-order chi connectivity index (χ0) is 38.6. The zero-order valence-electron chi connectivity index (χ0n) is 31.2. The molecule has 6 rings (SSSR count). The monoisotopic (exact) mass is 790 g/mol. The van der Waals surface area contributed by atoms with Crippen LogP contribution in [0.2, 0.25) is 10.0 Å². The average molecular weight is 792 g/mol. The number of likely N-dealkylation sites (tertiary alicyclic amines) is 2. The maximum atomic E-state index is 11.7. The van der Waals surface area contributed by atoms with E-state index in [1.54, 1.807) is 0 Å². The second-order valence-electron chi connectivity index (χ2n) is 14.5. The van der Waals surface area contributed by atoms with Crippen molar-refractivity contribution in [3.8, 4) is 0 Å². The lowest BCUT2D eigenvalue weighted by Gasteiger charge is -2.42. The third-order valence-corrected chi connectivity index (χ3v) is 11.4. The van der Waals surface area contributed by atoms with Crippen LogP contribution in [0.15, 0.2) is 109 Å². The van der Waals surface area contributed by atoms with Gasteiger partial charge in [-0.1, -0.05) is 116 Å². The van der Waals surface area contributed by atoms with E-state index in [9.17, 15) is 19.8 Å². The van der Waals surface area contributed by atoms with Crippen LogP contribution in [0, 0.1) is 0 Å². The van der Waals surface area contributed by atoms with Crippen LogP contribution in [0.5, 0.6) is 0 Å². The molecule has 2 N–H and O–H groups in total. The molecule has 0 aliphatic carbocycles. The number of carbonyl (C=O) groups excluding carboxylic acids is 2. The number of piperidine rings is 2. The third-order valence-electron chi connectivity index (χ3n) is 10.9. The maximum Gasteiger partial charge on any atom is 0.303 e. The molecule has 0 radical (unpaired) electrons. The lowest BCUT2D eigenvalue weighted by atomic mass is 9.73. The minimum atomic E-state index is -0.513. The maximum absolute atomic E-state index is 11.7. The van der Waals surface area contributed by atoms with Crippen molar-refractivity contribution in [2.75, 3.05) is 52.5 Å². The highest BCUT2D eigenvalue weighted by atomic mass is 35.5. The summed E-state index contributed by atoms with van der Waals surface area (Å²) >= 11 is 11.9. The van der Waals surface area contributed by atoms with Gasteiger partial charge < -0.3 is 24.6 Å². The van der Waals surface area contributed by atoms with Crippen LogP contribution in [0.4, 0.5) is 0 Å². The number of esters is 2. The van der Waals surface area contributed by atoms with E-state index in [2.05, 4.69) is 34.1 Å². The summed E-state index contributed by atoms with van der Waals surface area (Å²) in [5.74, 6) is -0.564. The van der Waals surface area contributed by atoms with Gasteiger partial charge in [0.15, 0.2) is 0 Å².